The molecule has 2 saturated heterocycles. The molecule has 5 unspecified atom stereocenters. The zero-order valence-corrected chi connectivity index (χ0v) is 23.9. The van der Waals surface area contributed by atoms with Crippen LogP contribution in [0.5, 0.6) is 5.75 Å². The molecule has 3 aliphatic heterocycles. The molecular weight excluding hydrogens is 506 g/mol. The van der Waals surface area contributed by atoms with Gasteiger partial charge in [-0.05, 0) is 81.5 Å². The molecule has 8 nitrogen and oxygen atoms in total. The predicted molar refractivity (Wildman–Crippen MR) is 152 cm³/mol. The molecule has 0 aromatic heterocycles. The number of benzene rings is 1. The van der Waals surface area contributed by atoms with Crippen molar-refractivity contribution < 1.29 is 23.9 Å². The Morgan fingerprint density at radius 3 is 2.45 bits per heavy atom. The zero-order chi connectivity index (χ0) is 28.0. The molecule has 8 heteroatoms. The molecule has 1 spiro atoms. The summed E-state index contributed by atoms with van der Waals surface area (Å²) >= 11 is 0. The van der Waals surface area contributed by atoms with Crippen LogP contribution < -0.4 is 15.4 Å². The second-order valence-electron chi connectivity index (χ2n) is 12.7. The molecule has 2 N–H and O–H groups in total. The quantitative estimate of drug-likeness (QED) is 0.490. The van der Waals surface area contributed by atoms with E-state index in [0.717, 1.165) is 50.7 Å². The normalized spacial score (nSPS) is 38.3. The molecule has 0 radical (unpaired) electrons. The van der Waals surface area contributed by atoms with Gasteiger partial charge in [0.15, 0.2) is 0 Å². The van der Waals surface area contributed by atoms with Crippen molar-refractivity contribution in [3.63, 3.8) is 0 Å². The van der Waals surface area contributed by atoms with Gasteiger partial charge in [0, 0.05) is 17.8 Å². The van der Waals surface area contributed by atoms with Crippen molar-refractivity contribution in [2.75, 3.05) is 11.9 Å². The van der Waals surface area contributed by atoms with E-state index in [4.69, 9.17) is 9.47 Å². The highest BCUT2D eigenvalue weighted by Crippen LogP contribution is 2.56. The molecule has 1 aromatic rings. The maximum atomic E-state index is 14.3. The number of hydrogen-bond donors (Lipinski definition) is 2. The van der Waals surface area contributed by atoms with Gasteiger partial charge in [-0.1, -0.05) is 38.8 Å². The van der Waals surface area contributed by atoms with E-state index >= 15 is 0 Å². The summed E-state index contributed by atoms with van der Waals surface area (Å²) in [6.07, 6.45) is 11.4. The van der Waals surface area contributed by atoms with Gasteiger partial charge in [0.1, 0.15) is 17.4 Å². The zero-order valence-electron chi connectivity index (χ0n) is 23.9. The Kier molecular flexibility index (Phi) is 7.40. The van der Waals surface area contributed by atoms with Crippen molar-refractivity contribution in [2.45, 2.75) is 102 Å². The molecule has 5 aliphatic rings. The largest absolute Gasteiger partial charge is 0.494 e. The van der Waals surface area contributed by atoms with Gasteiger partial charge in [0.05, 0.1) is 24.5 Å². The molecule has 2 saturated carbocycles. The van der Waals surface area contributed by atoms with Crippen LogP contribution in [0.2, 0.25) is 0 Å². The first-order valence-electron chi connectivity index (χ1n) is 15.4. The van der Waals surface area contributed by atoms with E-state index in [1.165, 1.54) is 6.42 Å². The van der Waals surface area contributed by atoms with Crippen LogP contribution >= 0.6 is 0 Å². The number of ether oxygens (including phenoxy) is 2. The monoisotopic (exact) mass is 549 g/mol. The van der Waals surface area contributed by atoms with Crippen LogP contribution in [0.1, 0.15) is 72.1 Å². The minimum atomic E-state index is -1.12. The first-order chi connectivity index (χ1) is 19.3. The fourth-order valence-electron chi connectivity index (χ4n) is 7.94. The van der Waals surface area contributed by atoms with Gasteiger partial charge < -0.3 is 25.0 Å². The number of fused-ring (bicyclic) bond motifs is 1. The van der Waals surface area contributed by atoms with Gasteiger partial charge >= 0.3 is 0 Å². The average Bonchev–Trinajstić information content (AvgIpc) is 3.59. The highest BCUT2D eigenvalue weighted by atomic mass is 16.5. The maximum absolute atomic E-state index is 14.3. The number of rotatable bonds is 7. The molecule has 216 valence electrons. The molecule has 2 aliphatic carbocycles. The molecule has 3 amide bonds. The molecule has 4 fully saturated rings. The lowest BCUT2D eigenvalue weighted by Crippen LogP contribution is -2.59. The predicted octanol–water partition coefficient (Wildman–Crippen LogP) is 4.45. The van der Waals surface area contributed by atoms with E-state index in [2.05, 4.69) is 24.5 Å². The number of likely N-dealkylation sites (tertiary alicyclic amines) is 1. The van der Waals surface area contributed by atoms with Crippen LogP contribution in [0.15, 0.2) is 36.4 Å². The fraction of sp³-hybridized carbons (Fsp3) is 0.656. The molecular formula is C32H43N3O5. The maximum Gasteiger partial charge on any atom is 0.246 e. The Balaban J connectivity index is 1.28. The molecule has 3 heterocycles. The van der Waals surface area contributed by atoms with E-state index in [0.29, 0.717) is 24.1 Å². The second-order valence-corrected chi connectivity index (χ2v) is 12.7. The van der Waals surface area contributed by atoms with Gasteiger partial charge in [-0.25, -0.2) is 0 Å². The smallest absolute Gasteiger partial charge is 0.246 e. The third-order valence-corrected chi connectivity index (χ3v) is 10.1. The molecule has 7 atom stereocenters. The van der Waals surface area contributed by atoms with Crippen LogP contribution in [0, 0.1) is 23.7 Å². The Morgan fingerprint density at radius 2 is 1.75 bits per heavy atom. The van der Waals surface area contributed by atoms with Crippen molar-refractivity contribution in [3.05, 3.63) is 36.4 Å². The van der Waals surface area contributed by atoms with E-state index < -0.39 is 29.6 Å². The van der Waals surface area contributed by atoms with Crippen molar-refractivity contribution in [1.29, 1.82) is 0 Å². The van der Waals surface area contributed by atoms with E-state index in [9.17, 15) is 14.4 Å². The first kappa shape index (κ1) is 27.3. The number of nitrogens with zero attached hydrogens (tertiary/aromatic N) is 1. The minimum absolute atomic E-state index is 0.0194. The van der Waals surface area contributed by atoms with Crippen molar-refractivity contribution in [2.24, 2.45) is 23.7 Å². The Labute approximate surface area is 237 Å². The standard InChI is InChI=1S/C32H43N3O5/c1-4-39-23-15-11-21(12-16-23)33-29(36)26-25-17-18-32(40-25)27(26)31(38)35(22-13-9-19(2)10-14-22)28(32)30(37)34-24-8-6-5-7-20(24)3/h11-12,15-20,22,24-28H,4-10,13-14H2,1-3H3,(H,33,36)(H,34,37)/t19?,20?,22?,24?,25-,26?,27-,28?,32?/m0/s1. The van der Waals surface area contributed by atoms with Crippen molar-refractivity contribution >= 4 is 23.4 Å². The number of nitrogens with one attached hydrogen (secondary N) is 2. The number of hydrogen-bond acceptors (Lipinski definition) is 5. The lowest BCUT2D eigenvalue weighted by atomic mass is 9.74. The number of amides is 3. The van der Waals surface area contributed by atoms with Gasteiger partial charge in [0.25, 0.3) is 0 Å². The van der Waals surface area contributed by atoms with Gasteiger partial charge in [-0.3, -0.25) is 14.4 Å². The number of anilines is 1. The summed E-state index contributed by atoms with van der Waals surface area (Å²) in [7, 11) is 0. The van der Waals surface area contributed by atoms with Crippen LogP contribution in [0.25, 0.3) is 0 Å². The summed E-state index contributed by atoms with van der Waals surface area (Å²) in [6.45, 7) is 6.94. The van der Waals surface area contributed by atoms with Crippen LogP contribution in [0.4, 0.5) is 5.69 Å². The third kappa shape index (κ3) is 4.62. The van der Waals surface area contributed by atoms with Crippen molar-refractivity contribution in [3.8, 4) is 5.75 Å². The van der Waals surface area contributed by atoms with E-state index in [1.54, 1.807) is 12.1 Å². The fourth-order valence-corrected chi connectivity index (χ4v) is 7.94. The molecule has 1 aromatic carbocycles. The highest BCUT2D eigenvalue weighted by Gasteiger charge is 2.73. The summed E-state index contributed by atoms with van der Waals surface area (Å²) < 4.78 is 12.1. The Morgan fingerprint density at radius 1 is 1.02 bits per heavy atom. The number of carbonyl (C=O) groups is 3. The third-order valence-electron chi connectivity index (χ3n) is 10.1. The molecule has 40 heavy (non-hydrogen) atoms. The lowest BCUT2D eigenvalue weighted by molar-refractivity contribution is -0.145. The summed E-state index contributed by atoms with van der Waals surface area (Å²) in [4.78, 5) is 44.1. The molecule has 2 bridgehead atoms. The van der Waals surface area contributed by atoms with E-state index in [-0.39, 0.29) is 29.8 Å². The minimum Gasteiger partial charge on any atom is -0.494 e. The van der Waals surface area contributed by atoms with Crippen molar-refractivity contribution in [1.82, 2.24) is 10.2 Å². The van der Waals surface area contributed by atoms with Gasteiger partial charge in [-0.2, -0.15) is 0 Å². The summed E-state index contributed by atoms with van der Waals surface area (Å²) in [5.41, 5.74) is -0.480. The van der Waals surface area contributed by atoms with E-state index in [1.807, 2.05) is 36.1 Å². The summed E-state index contributed by atoms with van der Waals surface area (Å²) in [5, 5.41) is 6.34. The average molecular weight is 550 g/mol. The molecule has 6 rings (SSSR count). The Bertz CT molecular complexity index is 1160. The van der Waals surface area contributed by atoms with Crippen LogP contribution in [-0.2, 0) is 19.1 Å². The SMILES string of the molecule is CCOc1ccc(NC(=O)C2[C@@H]3C=CC4(O3)C(C(=O)NC3CCCCC3C)N(C3CCC(C)CC3)C(=O)[C@H]24)cc1. The summed E-state index contributed by atoms with van der Waals surface area (Å²) in [6, 6.07) is 6.55. The first-order valence-corrected chi connectivity index (χ1v) is 15.4. The van der Waals surface area contributed by atoms with Gasteiger partial charge in [0.2, 0.25) is 17.7 Å². The van der Waals surface area contributed by atoms with Gasteiger partial charge in [-0.15, -0.1) is 0 Å². The highest BCUT2D eigenvalue weighted by molar-refractivity contribution is 6.03. The Hall–Kier alpha value is -2.87. The van der Waals surface area contributed by atoms with Crippen LogP contribution in [-0.4, -0.2) is 59.1 Å². The van der Waals surface area contributed by atoms with Crippen LogP contribution in [0.3, 0.4) is 0 Å². The second kappa shape index (κ2) is 10.8. The topological polar surface area (TPSA) is 97.0 Å². The number of carbonyl (C=O) groups excluding carboxylic acids is 3. The lowest BCUT2D eigenvalue weighted by Gasteiger charge is -2.40. The summed E-state index contributed by atoms with van der Waals surface area (Å²) in [5.74, 6) is -0.170.